The molecule has 0 aromatic heterocycles. The number of hydrogen-bond donors (Lipinski definition) is 2. The summed E-state index contributed by atoms with van der Waals surface area (Å²) in [6, 6.07) is 18.0. The number of fused-ring (bicyclic) bond motifs is 1. The topological polar surface area (TPSA) is 50.4 Å². The van der Waals surface area contributed by atoms with Crippen LogP contribution in [0.4, 0.5) is 0 Å². The van der Waals surface area contributed by atoms with Crippen molar-refractivity contribution in [3.8, 4) is 5.75 Å². The maximum atomic E-state index is 12.1. The van der Waals surface area contributed by atoms with Gasteiger partial charge < -0.3 is 15.4 Å². The summed E-state index contributed by atoms with van der Waals surface area (Å²) < 4.78 is 6.40. The van der Waals surface area contributed by atoms with Crippen LogP contribution in [0.25, 0.3) is 0 Å². The van der Waals surface area contributed by atoms with Gasteiger partial charge in [-0.3, -0.25) is 4.79 Å². The van der Waals surface area contributed by atoms with Gasteiger partial charge in [0.25, 0.3) is 5.91 Å². The molecule has 2 aliphatic rings. The number of rotatable bonds is 5. The fourth-order valence-corrected chi connectivity index (χ4v) is 4.24. The predicted molar refractivity (Wildman–Crippen MR) is 102 cm³/mol. The Hall–Kier alpha value is -2.33. The number of carbonyl (C=O) groups excluding carboxylic acids is 1. The van der Waals surface area contributed by atoms with E-state index in [-0.39, 0.29) is 17.6 Å². The van der Waals surface area contributed by atoms with E-state index in [1.54, 1.807) is 0 Å². The standard InChI is InChI=1S/C22H26N2O2/c25-21(17-8-2-1-3-9-17)24-15-14-23-19-16-22(12-6-7-13-22)26-20-11-5-4-10-18(19)20/h1-5,8-11,19,23H,6-7,12-16H2,(H,24,25)/t19-/m1/s1. The molecule has 2 aromatic rings. The molecule has 0 radical (unpaired) electrons. The molecule has 4 rings (SSSR count). The Morgan fingerprint density at radius 1 is 1.00 bits per heavy atom. The maximum Gasteiger partial charge on any atom is 0.251 e. The smallest absolute Gasteiger partial charge is 0.251 e. The first kappa shape index (κ1) is 17.1. The van der Waals surface area contributed by atoms with Crippen LogP contribution in [-0.4, -0.2) is 24.6 Å². The van der Waals surface area contributed by atoms with Crippen LogP contribution in [0.1, 0.15) is 54.1 Å². The molecular weight excluding hydrogens is 324 g/mol. The molecule has 1 aliphatic heterocycles. The van der Waals surface area contributed by atoms with Crippen molar-refractivity contribution in [2.75, 3.05) is 13.1 Å². The molecule has 1 heterocycles. The maximum absolute atomic E-state index is 12.1. The third kappa shape index (κ3) is 3.61. The summed E-state index contributed by atoms with van der Waals surface area (Å²) in [4.78, 5) is 12.1. The summed E-state index contributed by atoms with van der Waals surface area (Å²) in [5.74, 6) is 0.999. The molecule has 136 valence electrons. The minimum Gasteiger partial charge on any atom is -0.487 e. The summed E-state index contributed by atoms with van der Waals surface area (Å²) in [5.41, 5.74) is 1.94. The molecule has 1 fully saturated rings. The van der Waals surface area contributed by atoms with Crippen LogP contribution in [-0.2, 0) is 0 Å². The molecule has 4 heteroatoms. The molecule has 4 nitrogen and oxygen atoms in total. The van der Waals surface area contributed by atoms with Crippen LogP contribution in [0, 0.1) is 0 Å². The predicted octanol–water partition coefficient (Wildman–Crippen LogP) is 3.84. The Bertz CT molecular complexity index is 754. The van der Waals surface area contributed by atoms with Gasteiger partial charge in [-0.2, -0.15) is 0 Å². The molecule has 1 atom stereocenters. The average Bonchev–Trinajstić information content (AvgIpc) is 3.13. The molecule has 0 unspecified atom stereocenters. The molecule has 1 aliphatic carbocycles. The van der Waals surface area contributed by atoms with Gasteiger partial charge in [0.1, 0.15) is 11.4 Å². The van der Waals surface area contributed by atoms with Crippen molar-refractivity contribution in [1.29, 1.82) is 0 Å². The number of benzene rings is 2. The summed E-state index contributed by atoms with van der Waals surface area (Å²) in [6.45, 7) is 1.36. The van der Waals surface area contributed by atoms with Crippen molar-refractivity contribution in [2.24, 2.45) is 0 Å². The zero-order valence-electron chi connectivity index (χ0n) is 15.0. The van der Waals surface area contributed by atoms with E-state index in [4.69, 9.17) is 4.74 Å². The molecule has 1 amide bonds. The largest absolute Gasteiger partial charge is 0.487 e. The van der Waals surface area contributed by atoms with Gasteiger partial charge in [-0.25, -0.2) is 0 Å². The van der Waals surface area contributed by atoms with Crippen LogP contribution in [0.5, 0.6) is 5.75 Å². The normalized spacial score (nSPS) is 20.4. The molecule has 0 bridgehead atoms. The number of para-hydroxylation sites is 1. The Balaban J connectivity index is 1.36. The fraction of sp³-hybridized carbons (Fsp3) is 0.409. The lowest BCUT2D eigenvalue weighted by atomic mass is 9.86. The number of amides is 1. The van der Waals surface area contributed by atoms with Gasteiger partial charge in [0.15, 0.2) is 0 Å². The average molecular weight is 350 g/mol. The zero-order valence-corrected chi connectivity index (χ0v) is 15.0. The van der Waals surface area contributed by atoms with Crippen LogP contribution >= 0.6 is 0 Å². The highest BCUT2D eigenvalue weighted by Gasteiger charge is 2.42. The Labute approximate surface area is 155 Å². The van der Waals surface area contributed by atoms with Gasteiger partial charge in [0.2, 0.25) is 0 Å². The summed E-state index contributed by atoms with van der Waals surface area (Å²) >= 11 is 0. The first-order valence-electron chi connectivity index (χ1n) is 9.60. The highest BCUT2D eigenvalue weighted by molar-refractivity contribution is 5.94. The van der Waals surface area contributed by atoms with Crippen LogP contribution in [0.15, 0.2) is 54.6 Å². The zero-order chi connectivity index (χ0) is 17.8. The van der Waals surface area contributed by atoms with Crippen LogP contribution < -0.4 is 15.4 Å². The number of nitrogens with one attached hydrogen (secondary N) is 2. The van der Waals surface area contributed by atoms with Gasteiger partial charge in [0.05, 0.1) is 0 Å². The third-order valence-electron chi connectivity index (χ3n) is 5.55. The highest BCUT2D eigenvalue weighted by atomic mass is 16.5. The number of ether oxygens (including phenoxy) is 1. The Kier molecular flexibility index (Phi) is 4.93. The van der Waals surface area contributed by atoms with E-state index >= 15 is 0 Å². The minimum absolute atomic E-state index is 0.000688. The quantitative estimate of drug-likeness (QED) is 0.806. The SMILES string of the molecule is O=C(NCCN[C@@H]1CC2(CCCC2)Oc2ccccc21)c1ccccc1. The Morgan fingerprint density at radius 3 is 2.54 bits per heavy atom. The minimum atomic E-state index is -0.0213. The third-order valence-corrected chi connectivity index (χ3v) is 5.55. The van der Waals surface area contributed by atoms with Crippen molar-refractivity contribution < 1.29 is 9.53 Å². The first-order valence-corrected chi connectivity index (χ1v) is 9.60. The monoisotopic (exact) mass is 350 g/mol. The molecule has 1 spiro atoms. The molecular formula is C22H26N2O2. The first-order chi connectivity index (χ1) is 12.8. The van der Waals surface area contributed by atoms with E-state index in [0.29, 0.717) is 12.1 Å². The fourth-order valence-electron chi connectivity index (χ4n) is 4.24. The lowest BCUT2D eigenvalue weighted by Crippen LogP contribution is -2.43. The van der Waals surface area contributed by atoms with Gasteiger partial charge >= 0.3 is 0 Å². The van der Waals surface area contributed by atoms with Crippen molar-refractivity contribution in [1.82, 2.24) is 10.6 Å². The molecule has 1 saturated carbocycles. The van der Waals surface area contributed by atoms with E-state index in [9.17, 15) is 4.79 Å². The Morgan fingerprint density at radius 2 is 1.73 bits per heavy atom. The summed E-state index contributed by atoms with van der Waals surface area (Å²) in [5, 5.41) is 6.63. The molecule has 2 aromatic carbocycles. The lowest BCUT2D eigenvalue weighted by molar-refractivity contribution is 0.0368. The van der Waals surface area contributed by atoms with Crippen molar-refractivity contribution >= 4 is 5.91 Å². The van der Waals surface area contributed by atoms with E-state index in [2.05, 4.69) is 28.8 Å². The van der Waals surface area contributed by atoms with Crippen LogP contribution in [0.3, 0.4) is 0 Å². The molecule has 2 N–H and O–H groups in total. The van der Waals surface area contributed by atoms with Gasteiger partial charge in [0, 0.05) is 36.7 Å². The van der Waals surface area contributed by atoms with Gasteiger partial charge in [-0.15, -0.1) is 0 Å². The second kappa shape index (κ2) is 7.50. The van der Waals surface area contributed by atoms with Gasteiger partial charge in [-0.1, -0.05) is 36.4 Å². The van der Waals surface area contributed by atoms with E-state index in [0.717, 1.165) is 31.6 Å². The summed E-state index contributed by atoms with van der Waals surface area (Å²) in [7, 11) is 0. The van der Waals surface area contributed by atoms with E-state index < -0.39 is 0 Å². The van der Waals surface area contributed by atoms with Crippen molar-refractivity contribution in [3.05, 3.63) is 65.7 Å². The lowest BCUT2D eigenvalue weighted by Gasteiger charge is -2.40. The van der Waals surface area contributed by atoms with Crippen molar-refractivity contribution in [2.45, 2.75) is 43.7 Å². The molecule has 0 saturated heterocycles. The second-order valence-corrected chi connectivity index (χ2v) is 7.36. The van der Waals surface area contributed by atoms with E-state index in [1.165, 1.54) is 18.4 Å². The van der Waals surface area contributed by atoms with Crippen LogP contribution in [0.2, 0.25) is 0 Å². The second-order valence-electron chi connectivity index (χ2n) is 7.36. The van der Waals surface area contributed by atoms with E-state index in [1.807, 2.05) is 36.4 Å². The molecule has 26 heavy (non-hydrogen) atoms. The highest BCUT2D eigenvalue weighted by Crippen LogP contribution is 2.46. The number of carbonyl (C=O) groups is 1. The summed E-state index contributed by atoms with van der Waals surface area (Å²) in [6.07, 6.45) is 5.80. The number of hydrogen-bond acceptors (Lipinski definition) is 3. The van der Waals surface area contributed by atoms with Crippen molar-refractivity contribution in [3.63, 3.8) is 0 Å². The van der Waals surface area contributed by atoms with Gasteiger partial charge in [-0.05, 0) is 43.9 Å².